The van der Waals surface area contributed by atoms with Crippen LogP contribution >= 0.6 is 0 Å². The lowest BCUT2D eigenvalue weighted by Gasteiger charge is -2.26. The number of aromatic nitrogens is 1. The van der Waals surface area contributed by atoms with Crippen molar-refractivity contribution >= 4 is 11.9 Å². The lowest BCUT2D eigenvalue weighted by molar-refractivity contribution is -0.141. The summed E-state index contributed by atoms with van der Waals surface area (Å²) in [4.78, 5) is 25.9. The van der Waals surface area contributed by atoms with Crippen LogP contribution in [0.25, 0.3) is 0 Å². The number of carboxylic acids is 1. The van der Waals surface area contributed by atoms with E-state index in [-0.39, 0.29) is 18.1 Å². The number of carbonyl (C=O) groups excluding carboxylic acids is 1. The Bertz CT molecular complexity index is 754. The first-order valence-electron chi connectivity index (χ1n) is 8.63. The fourth-order valence-corrected chi connectivity index (χ4v) is 3.16. The maximum Gasteiger partial charge on any atom is 0.326 e. The highest BCUT2D eigenvalue weighted by atomic mass is 16.5. The molecule has 1 N–H and O–H groups in total. The molecule has 3 rings (SSSR count). The van der Waals surface area contributed by atoms with Crippen LogP contribution in [0.5, 0.6) is 0 Å². The quantitative estimate of drug-likeness (QED) is 0.844. The van der Waals surface area contributed by atoms with Crippen molar-refractivity contribution in [3.63, 3.8) is 0 Å². The minimum Gasteiger partial charge on any atom is -0.480 e. The zero-order chi connectivity index (χ0) is 17.8. The van der Waals surface area contributed by atoms with Crippen LogP contribution in [0.15, 0.2) is 34.9 Å². The standard InChI is InChI=1S/C19H22N2O4/c1-13(19(23)24)21(12-14-8-4-2-5-9-14)18(22)17-15-10-6-3-7-11-16(15)25-20-17/h2,4-5,8-9,13H,3,6-7,10-12H2,1H3,(H,23,24). The van der Waals surface area contributed by atoms with Gasteiger partial charge in [0.1, 0.15) is 11.8 Å². The molecule has 1 aromatic carbocycles. The Hall–Kier alpha value is -2.63. The van der Waals surface area contributed by atoms with Crippen LogP contribution in [0.3, 0.4) is 0 Å². The number of carbonyl (C=O) groups is 2. The van der Waals surface area contributed by atoms with Crippen molar-refractivity contribution in [2.45, 2.75) is 51.6 Å². The van der Waals surface area contributed by atoms with Crippen molar-refractivity contribution < 1.29 is 19.2 Å². The smallest absolute Gasteiger partial charge is 0.326 e. The Kier molecular flexibility index (Phi) is 5.16. The maximum atomic E-state index is 13.1. The van der Waals surface area contributed by atoms with Crippen LogP contribution in [0.1, 0.15) is 53.6 Å². The summed E-state index contributed by atoms with van der Waals surface area (Å²) in [5.41, 5.74) is 1.98. The highest BCUT2D eigenvalue weighted by Gasteiger charge is 2.32. The molecule has 1 aliphatic rings. The van der Waals surface area contributed by atoms with Gasteiger partial charge in [-0.3, -0.25) is 4.79 Å². The number of aliphatic carboxylic acids is 1. The minimum absolute atomic E-state index is 0.217. The number of carboxylic acid groups (broad SMARTS) is 1. The van der Waals surface area contributed by atoms with Crippen LogP contribution in [-0.4, -0.2) is 33.1 Å². The van der Waals surface area contributed by atoms with Gasteiger partial charge in [-0.2, -0.15) is 0 Å². The second kappa shape index (κ2) is 7.51. The van der Waals surface area contributed by atoms with Crippen molar-refractivity contribution in [3.8, 4) is 0 Å². The van der Waals surface area contributed by atoms with E-state index in [1.54, 1.807) is 0 Å². The van der Waals surface area contributed by atoms with E-state index < -0.39 is 12.0 Å². The van der Waals surface area contributed by atoms with E-state index in [1.807, 2.05) is 30.3 Å². The number of aryl methyl sites for hydroxylation is 1. The molecule has 1 aromatic heterocycles. The molecule has 0 spiro atoms. The first kappa shape index (κ1) is 17.2. The zero-order valence-electron chi connectivity index (χ0n) is 14.3. The maximum absolute atomic E-state index is 13.1. The Morgan fingerprint density at radius 1 is 1.20 bits per heavy atom. The van der Waals surface area contributed by atoms with E-state index in [0.717, 1.165) is 49.0 Å². The molecule has 2 aromatic rings. The van der Waals surface area contributed by atoms with Crippen LogP contribution in [0.2, 0.25) is 0 Å². The molecule has 1 aliphatic carbocycles. The van der Waals surface area contributed by atoms with E-state index in [0.29, 0.717) is 0 Å². The van der Waals surface area contributed by atoms with Crippen molar-refractivity contribution in [1.82, 2.24) is 10.1 Å². The lowest BCUT2D eigenvalue weighted by atomic mass is 10.1. The summed E-state index contributed by atoms with van der Waals surface area (Å²) in [5.74, 6) is -0.659. The van der Waals surface area contributed by atoms with Gasteiger partial charge in [0.15, 0.2) is 5.69 Å². The van der Waals surface area contributed by atoms with Gasteiger partial charge in [0.25, 0.3) is 5.91 Å². The molecule has 1 amide bonds. The topological polar surface area (TPSA) is 83.6 Å². The molecule has 1 unspecified atom stereocenters. The SMILES string of the molecule is CC(C(=O)O)N(Cc1ccccc1)C(=O)c1noc2c1CCCCC2. The Morgan fingerprint density at radius 2 is 1.92 bits per heavy atom. The summed E-state index contributed by atoms with van der Waals surface area (Å²) in [6.07, 6.45) is 4.64. The summed E-state index contributed by atoms with van der Waals surface area (Å²) in [6.45, 7) is 1.73. The van der Waals surface area contributed by atoms with E-state index in [2.05, 4.69) is 5.16 Å². The molecular formula is C19H22N2O4. The number of hydrogen-bond acceptors (Lipinski definition) is 4. The van der Waals surface area contributed by atoms with Gasteiger partial charge in [0.2, 0.25) is 0 Å². The third-order valence-corrected chi connectivity index (χ3v) is 4.68. The fraction of sp³-hybridized carbons (Fsp3) is 0.421. The van der Waals surface area contributed by atoms with Gasteiger partial charge in [-0.15, -0.1) is 0 Å². The van der Waals surface area contributed by atoms with E-state index in [4.69, 9.17) is 4.52 Å². The molecule has 0 saturated carbocycles. The molecule has 0 bridgehead atoms. The van der Waals surface area contributed by atoms with Crippen molar-refractivity contribution in [2.75, 3.05) is 0 Å². The summed E-state index contributed by atoms with van der Waals surface area (Å²) in [6, 6.07) is 8.41. The van der Waals surface area contributed by atoms with Crippen LogP contribution in [0, 0.1) is 0 Å². The first-order chi connectivity index (χ1) is 12.1. The van der Waals surface area contributed by atoms with Gasteiger partial charge < -0.3 is 14.5 Å². The van der Waals surface area contributed by atoms with Gasteiger partial charge in [0, 0.05) is 18.5 Å². The van der Waals surface area contributed by atoms with Crippen molar-refractivity contribution in [2.24, 2.45) is 0 Å². The van der Waals surface area contributed by atoms with Gasteiger partial charge in [-0.05, 0) is 31.7 Å². The Morgan fingerprint density at radius 3 is 2.64 bits per heavy atom. The summed E-state index contributed by atoms with van der Waals surface area (Å²) >= 11 is 0. The second-order valence-electron chi connectivity index (χ2n) is 6.43. The molecule has 6 heteroatoms. The number of fused-ring (bicyclic) bond motifs is 1. The Labute approximate surface area is 146 Å². The lowest BCUT2D eigenvalue weighted by Crippen LogP contribution is -2.43. The predicted octanol–water partition coefficient (Wildman–Crippen LogP) is 3.06. The third-order valence-electron chi connectivity index (χ3n) is 4.68. The Balaban J connectivity index is 1.91. The first-order valence-corrected chi connectivity index (χ1v) is 8.63. The number of rotatable bonds is 5. The van der Waals surface area contributed by atoms with Gasteiger partial charge in [-0.1, -0.05) is 41.9 Å². The molecule has 25 heavy (non-hydrogen) atoms. The van der Waals surface area contributed by atoms with Crippen molar-refractivity contribution in [3.05, 3.63) is 52.9 Å². The third kappa shape index (κ3) is 3.73. The number of benzene rings is 1. The normalized spacial score (nSPS) is 15.1. The fourth-order valence-electron chi connectivity index (χ4n) is 3.16. The highest BCUT2D eigenvalue weighted by molar-refractivity contribution is 5.96. The predicted molar refractivity (Wildman–Crippen MR) is 91.2 cm³/mol. The van der Waals surface area contributed by atoms with Crippen LogP contribution in [0.4, 0.5) is 0 Å². The number of hydrogen-bond donors (Lipinski definition) is 1. The van der Waals surface area contributed by atoms with Crippen LogP contribution < -0.4 is 0 Å². The molecule has 6 nitrogen and oxygen atoms in total. The van der Waals surface area contributed by atoms with E-state index >= 15 is 0 Å². The zero-order valence-corrected chi connectivity index (χ0v) is 14.3. The average Bonchev–Trinajstić information content (AvgIpc) is 2.87. The summed E-state index contributed by atoms with van der Waals surface area (Å²) < 4.78 is 5.38. The summed E-state index contributed by atoms with van der Waals surface area (Å²) in [5, 5.41) is 13.4. The van der Waals surface area contributed by atoms with Crippen molar-refractivity contribution in [1.29, 1.82) is 0 Å². The largest absolute Gasteiger partial charge is 0.480 e. The molecule has 0 aliphatic heterocycles. The summed E-state index contributed by atoms with van der Waals surface area (Å²) in [7, 11) is 0. The van der Waals surface area contributed by atoms with Gasteiger partial charge in [-0.25, -0.2) is 4.79 Å². The second-order valence-corrected chi connectivity index (χ2v) is 6.43. The highest BCUT2D eigenvalue weighted by Crippen LogP contribution is 2.25. The van der Waals surface area contributed by atoms with E-state index in [1.165, 1.54) is 11.8 Å². The molecule has 1 heterocycles. The minimum atomic E-state index is -1.04. The van der Waals surface area contributed by atoms with E-state index in [9.17, 15) is 14.7 Å². The molecule has 132 valence electrons. The van der Waals surface area contributed by atoms with Gasteiger partial charge in [0.05, 0.1) is 0 Å². The van der Waals surface area contributed by atoms with Gasteiger partial charge >= 0.3 is 5.97 Å². The molecule has 0 saturated heterocycles. The molecular weight excluding hydrogens is 320 g/mol. The van der Waals surface area contributed by atoms with Crippen LogP contribution in [-0.2, 0) is 24.2 Å². The molecule has 0 radical (unpaired) electrons. The number of nitrogens with zero attached hydrogens (tertiary/aromatic N) is 2. The molecule has 0 fully saturated rings. The average molecular weight is 342 g/mol. The molecule has 1 atom stereocenters. The monoisotopic (exact) mass is 342 g/mol. The number of amides is 1.